The first-order valence-corrected chi connectivity index (χ1v) is 9.51. The minimum atomic E-state index is -0.631. The number of hydrogen-bond donors (Lipinski definition) is 2. The molecule has 1 aromatic carbocycles. The van der Waals surface area contributed by atoms with Gasteiger partial charge in [0, 0.05) is 37.3 Å². The topological polar surface area (TPSA) is 70.7 Å². The van der Waals surface area contributed by atoms with Crippen LogP contribution in [0.25, 0.3) is 0 Å². The molecule has 2 N–H and O–H groups in total. The average Bonchev–Trinajstić information content (AvgIpc) is 3.32. The first-order chi connectivity index (χ1) is 12.7. The zero-order valence-corrected chi connectivity index (χ0v) is 15.6. The standard InChI is InChI=1S/C19H23N3O3S/c1-25-11-9-20-18(23)19(24)21-13-16(17-7-4-12-26-17)22-10-8-14-5-2-3-6-15(14)22/h2-7,12,16H,8-11,13H2,1H3,(H,20,23)(H,21,24)/t16-/m0/s1. The van der Waals surface area contributed by atoms with E-state index in [9.17, 15) is 9.59 Å². The Balaban J connectivity index is 1.67. The van der Waals surface area contributed by atoms with E-state index in [4.69, 9.17) is 4.74 Å². The molecule has 6 nitrogen and oxygen atoms in total. The maximum absolute atomic E-state index is 12.1. The Hall–Kier alpha value is -2.38. The molecule has 1 aliphatic heterocycles. The molecule has 138 valence electrons. The fraction of sp³-hybridized carbons (Fsp3) is 0.368. The van der Waals surface area contributed by atoms with Crippen LogP contribution in [0, 0.1) is 0 Å². The Morgan fingerprint density at radius 1 is 1.19 bits per heavy atom. The first kappa shape index (κ1) is 18.4. The molecule has 1 atom stereocenters. The van der Waals surface area contributed by atoms with Crippen LogP contribution in [0.5, 0.6) is 0 Å². The smallest absolute Gasteiger partial charge is 0.309 e. The number of nitrogens with zero attached hydrogens (tertiary/aromatic N) is 1. The lowest BCUT2D eigenvalue weighted by Gasteiger charge is -2.30. The van der Waals surface area contributed by atoms with Crippen LogP contribution in [-0.4, -0.2) is 45.2 Å². The summed E-state index contributed by atoms with van der Waals surface area (Å²) in [5, 5.41) is 7.35. The fourth-order valence-corrected chi connectivity index (χ4v) is 3.99. The Kier molecular flexibility index (Phi) is 6.25. The second kappa shape index (κ2) is 8.82. The zero-order chi connectivity index (χ0) is 18.4. The number of amides is 2. The number of carbonyl (C=O) groups is 2. The van der Waals surface area contributed by atoms with E-state index in [0.29, 0.717) is 19.7 Å². The highest BCUT2D eigenvalue weighted by atomic mass is 32.1. The van der Waals surface area contributed by atoms with Crippen LogP contribution in [0.15, 0.2) is 41.8 Å². The van der Waals surface area contributed by atoms with Crippen LogP contribution in [0.2, 0.25) is 0 Å². The molecule has 0 aliphatic carbocycles. The molecule has 0 fully saturated rings. The van der Waals surface area contributed by atoms with Crippen molar-refractivity contribution >= 4 is 28.8 Å². The second-order valence-corrected chi connectivity index (χ2v) is 7.04. The van der Waals surface area contributed by atoms with Crippen molar-refractivity contribution in [2.45, 2.75) is 12.5 Å². The number of methoxy groups -OCH3 is 1. The summed E-state index contributed by atoms with van der Waals surface area (Å²) in [6, 6.07) is 12.4. The largest absolute Gasteiger partial charge is 0.383 e. The van der Waals surface area contributed by atoms with Crippen molar-refractivity contribution in [2.24, 2.45) is 0 Å². The van der Waals surface area contributed by atoms with Crippen LogP contribution >= 0.6 is 11.3 Å². The van der Waals surface area contributed by atoms with Crippen LogP contribution < -0.4 is 15.5 Å². The predicted octanol–water partition coefficient (Wildman–Crippen LogP) is 1.73. The Morgan fingerprint density at radius 2 is 2.00 bits per heavy atom. The minimum Gasteiger partial charge on any atom is -0.383 e. The number of anilines is 1. The SMILES string of the molecule is COCCNC(=O)C(=O)NC[C@@H](c1cccs1)N1CCc2ccccc21. The number of nitrogens with one attached hydrogen (secondary N) is 2. The van der Waals surface area contributed by atoms with Crippen molar-refractivity contribution in [3.63, 3.8) is 0 Å². The van der Waals surface area contributed by atoms with E-state index in [2.05, 4.69) is 39.8 Å². The molecule has 3 rings (SSSR count). The van der Waals surface area contributed by atoms with E-state index in [1.165, 1.54) is 16.1 Å². The quantitative estimate of drug-likeness (QED) is 0.573. The molecule has 7 heteroatoms. The number of benzene rings is 1. The molecule has 0 unspecified atom stereocenters. The van der Waals surface area contributed by atoms with Gasteiger partial charge in [-0.25, -0.2) is 0 Å². The number of fused-ring (bicyclic) bond motifs is 1. The summed E-state index contributed by atoms with van der Waals surface area (Å²) in [7, 11) is 1.55. The molecule has 0 saturated heterocycles. The minimum absolute atomic E-state index is 0.00868. The van der Waals surface area contributed by atoms with Gasteiger partial charge >= 0.3 is 11.8 Å². The van der Waals surface area contributed by atoms with Crippen molar-refractivity contribution in [3.05, 3.63) is 52.2 Å². The predicted molar refractivity (Wildman–Crippen MR) is 102 cm³/mol. The summed E-state index contributed by atoms with van der Waals surface area (Å²) < 4.78 is 4.87. The molecule has 26 heavy (non-hydrogen) atoms. The summed E-state index contributed by atoms with van der Waals surface area (Å²) >= 11 is 1.66. The van der Waals surface area contributed by atoms with E-state index >= 15 is 0 Å². The number of ether oxygens (including phenoxy) is 1. The number of thiophene rings is 1. The van der Waals surface area contributed by atoms with Gasteiger partial charge in [-0.3, -0.25) is 9.59 Å². The van der Waals surface area contributed by atoms with Gasteiger partial charge in [-0.15, -0.1) is 11.3 Å². The number of rotatable bonds is 7. The van der Waals surface area contributed by atoms with Crippen molar-refractivity contribution in [1.82, 2.24) is 10.6 Å². The third kappa shape index (κ3) is 4.23. The molecule has 0 bridgehead atoms. The van der Waals surface area contributed by atoms with Gasteiger partial charge in [0.15, 0.2) is 0 Å². The summed E-state index contributed by atoms with van der Waals surface area (Å²) in [5.41, 5.74) is 2.52. The number of carbonyl (C=O) groups excluding carboxylic acids is 2. The number of hydrogen-bond acceptors (Lipinski definition) is 5. The lowest BCUT2D eigenvalue weighted by Crippen LogP contribution is -2.44. The van der Waals surface area contributed by atoms with Crippen LogP contribution in [0.4, 0.5) is 5.69 Å². The second-order valence-electron chi connectivity index (χ2n) is 6.06. The van der Waals surface area contributed by atoms with E-state index in [1.807, 2.05) is 17.5 Å². The monoisotopic (exact) mass is 373 g/mol. The molecule has 0 saturated carbocycles. The molecule has 0 spiro atoms. The van der Waals surface area contributed by atoms with Gasteiger partial charge in [-0.05, 0) is 29.5 Å². The van der Waals surface area contributed by atoms with E-state index in [1.54, 1.807) is 18.4 Å². The first-order valence-electron chi connectivity index (χ1n) is 8.63. The fourth-order valence-electron chi connectivity index (χ4n) is 3.15. The summed E-state index contributed by atoms with van der Waals surface area (Å²) in [6.45, 7) is 1.97. The third-order valence-electron chi connectivity index (χ3n) is 4.42. The van der Waals surface area contributed by atoms with Crippen molar-refractivity contribution < 1.29 is 14.3 Å². The summed E-state index contributed by atoms with van der Waals surface area (Å²) in [4.78, 5) is 27.4. The van der Waals surface area contributed by atoms with Crippen molar-refractivity contribution in [1.29, 1.82) is 0 Å². The van der Waals surface area contributed by atoms with Gasteiger partial charge in [-0.2, -0.15) is 0 Å². The third-order valence-corrected chi connectivity index (χ3v) is 5.40. The molecular formula is C19H23N3O3S. The van der Waals surface area contributed by atoms with E-state index in [0.717, 1.165) is 13.0 Å². The zero-order valence-electron chi connectivity index (χ0n) is 14.7. The van der Waals surface area contributed by atoms with Gasteiger partial charge in [0.25, 0.3) is 0 Å². The van der Waals surface area contributed by atoms with Crippen molar-refractivity contribution in [2.75, 3.05) is 38.3 Å². The maximum atomic E-state index is 12.1. The van der Waals surface area contributed by atoms with Crippen LogP contribution in [0.3, 0.4) is 0 Å². The van der Waals surface area contributed by atoms with Gasteiger partial charge in [0.2, 0.25) is 0 Å². The van der Waals surface area contributed by atoms with Crippen LogP contribution in [0.1, 0.15) is 16.5 Å². The molecule has 1 aromatic heterocycles. The van der Waals surface area contributed by atoms with E-state index < -0.39 is 11.8 Å². The summed E-state index contributed by atoms with van der Waals surface area (Å²) in [5.74, 6) is -1.25. The highest BCUT2D eigenvalue weighted by Crippen LogP contribution is 2.36. The Morgan fingerprint density at radius 3 is 2.77 bits per heavy atom. The Bertz CT molecular complexity index is 748. The van der Waals surface area contributed by atoms with E-state index in [-0.39, 0.29) is 6.04 Å². The van der Waals surface area contributed by atoms with Gasteiger partial charge < -0.3 is 20.3 Å². The lowest BCUT2D eigenvalue weighted by molar-refractivity contribution is -0.139. The normalized spacial score (nSPS) is 14.0. The molecule has 0 radical (unpaired) electrons. The van der Waals surface area contributed by atoms with Crippen LogP contribution in [-0.2, 0) is 20.7 Å². The lowest BCUT2D eigenvalue weighted by atomic mass is 10.1. The highest BCUT2D eigenvalue weighted by Gasteiger charge is 2.28. The molecule has 2 aromatic rings. The molecular weight excluding hydrogens is 350 g/mol. The van der Waals surface area contributed by atoms with Gasteiger partial charge in [-0.1, -0.05) is 24.3 Å². The highest BCUT2D eigenvalue weighted by molar-refractivity contribution is 7.10. The Labute approximate surface area is 157 Å². The number of para-hydroxylation sites is 1. The average molecular weight is 373 g/mol. The van der Waals surface area contributed by atoms with Gasteiger partial charge in [0.05, 0.1) is 12.6 Å². The van der Waals surface area contributed by atoms with Crippen molar-refractivity contribution in [3.8, 4) is 0 Å². The maximum Gasteiger partial charge on any atom is 0.309 e. The summed E-state index contributed by atoms with van der Waals surface area (Å²) in [6.07, 6.45) is 0.990. The molecule has 2 amide bonds. The molecule has 2 heterocycles. The molecule has 1 aliphatic rings. The van der Waals surface area contributed by atoms with Gasteiger partial charge in [0.1, 0.15) is 0 Å².